The van der Waals surface area contributed by atoms with Crippen LogP contribution in [0.3, 0.4) is 0 Å². The smallest absolute Gasteiger partial charge is 0.141 e. The zero-order valence-corrected chi connectivity index (χ0v) is 14.0. The molecule has 0 saturated heterocycles. The molecule has 3 aromatic carbocycles. The van der Waals surface area contributed by atoms with E-state index in [1.165, 1.54) is 11.1 Å². The number of benzene rings is 3. The van der Waals surface area contributed by atoms with Gasteiger partial charge in [-0.15, -0.1) is 0 Å². The molecular formula is C22H17N3. The van der Waals surface area contributed by atoms with Gasteiger partial charge in [0.25, 0.3) is 0 Å². The highest BCUT2D eigenvalue weighted by molar-refractivity contribution is 5.82. The standard InChI is InChI=1S/C22H17N3/c1-16-7-10-19(11-8-16)22-24-20-12-9-18(14-23)13-21(20)25(22)15-17-5-3-2-4-6-17/h2-13H,15H2,1H3. The van der Waals surface area contributed by atoms with Gasteiger partial charge in [-0.3, -0.25) is 0 Å². The largest absolute Gasteiger partial charge is 0.319 e. The van der Waals surface area contributed by atoms with Gasteiger partial charge in [0.2, 0.25) is 0 Å². The van der Waals surface area contributed by atoms with Crippen LogP contribution in [0.5, 0.6) is 0 Å². The molecule has 120 valence electrons. The highest BCUT2D eigenvalue weighted by Crippen LogP contribution is 2.27. The van der Waals surface area contributed by atoms with Crippen LogP contribution in [0.2, 0.25) is 0 Å². The maximum Gasteiger partial charge on any atom is 0.141 e. The first-order valence-corrected chi connectivity index (χ1v) is 8.26. The molecule has 4 aromatic rings. The predicted octanol–water partition coefficient (Wildman–Crippen LogP) is 4.93. The summed E-state index contributed by atoms with van der Waals surface area (Å²) in [5.41, 5.74) is 6.05. The van der Waals surface area contributed by atoms with Gasteiger partial charge in [-0.2, -0.15) is 5.26 Å². The molecule has 0 amide bonds. The monoisotopic (exact) mass is 323 g/mol. The SMILES string of the molecule is Cc1ccc(-c2nc3ccc(C#N)cc3n2Cc2ccccc2)cc1. The number of hydrogen-bond acceptors (Lipinski definition) is 2. The van der Waals surface area contributed by atoms with E-state index in [0.29, 0.717) is 5.56 Å². The zero-order valence-electron chi connectivity index (χ0n) is 14.0. The number of aryl methyl sites for hydroxylation is 1. The van der Waals surface area contributed by atoms with E-state index in [-0.39, 0.29) is 0 Å². The third-order valence-electron chi connectivity index (χ3n) is 4.37. The van der Waals surface area contributed by atoms with Crippen molar-refractivity contribution in [1.82, 2.24) is 9.55 Å². The van der Waals surface area contributed by atoms with Gasteiger partial charge in [0, 0.05) is 12.1 Å². The van der Waals surface area contributed by atoms with Crippen LogP contribution in [0.1, 0.15) is 16.7 Å². The number of hydrogen-bond donors (Lipinski definition) is 0. The fraction of sp³-hybridized carbons (Fsp3) is 0.0909. The first kappa shape index (κ1) is 15.2. The van der Waals surface area contributed by atoms with Gasteiger partial charge in [-0.1, -0.05) is 60.2 Å². The molecule has 0 radical (unpaired) electrons. The van der Waals surface area contributed by atoms with Crippen LogP contribution in [-0.4, -0.2) is 9.55 Å². The number of imidazole rings is 1. The molecule has 0 saturated carbocycles. The average molecular weight is 323 g/mol. The van der Waals surface area contributed by atoms with Crippen LogP contribution in [0.25, 0.3) is 22.4 Å². The molecule has 25 heavy (non-hydrogen) atoms. The van der Waals surface area contributed by atoms with Crippen molar-refractivity contribution in [2.75, 3.05) is 0 Å². The van der Waals surface area contributed by atoms with Crippen molar-refractivity contribution in [3.05, 3.63) is 89.5 Å². The third-order valence-corrected chi connectivity index (χ3v) is 4.37. The summed E-state index contributed by atoms with van der Waals surface area (Å²) in [6, 6.07) is 26.6. The first-order valence-electron chi connectivity index (χ1n) is 8.26. The maximum absolute atomic E-state index is 9.25. The predicted molar refractivity (Wildman–Crippen MR) is 100 cm³/mol. The van der Waals surface area contributed by atoms with Crippen molar-refractivity contribution in [3.8, 4) is 17.5 Å². The van der Waals surface area contributed by atoms with Crippen molar-refractivity contribution >= 4 is 11.0 Å². The third kappa shape index (κ3) is 2.90. The molecule has 0 N–H and O–H groups in total. The summed E-state index contributed by atoms with van der Waals surface area (Å²) in [4.78, 5) is 4.84. The van der Waals surface area contributed by atoms with Gasteiger partial charge >= 0.3 is 0 Å². The van der Waals surface area contributed by atoms with Crippen LogP contribution < -0.4 is 0 Å². The van der Waals surface area contributed by atoms with Gasteiger partial charge < -0.3 is 4.57 Å². The molecular weight excluding hydrogens is 306 g/mol. The van der Waals surface area contributed by atoms with Gasteiger partial charge in [-0.25, -0.2) is 4.98 Å². The molecule has 1 heterocycles. The molecule has 0 aliphatic rings. The summed E-state index contributed by atoms with van der Waals surface area (Å²) >= 11 is 0. The number of fused-ring (bicyclic) bond motifs is 1. The fourth-order valence-corrected chi connectivity index (χ4v) is 3.04. The molecule has 0 fully saturated rings. The molecule has 1 aromatic heterocycles. The Balaban J connectivity index is 1.93. The number of nitrogens with zero attached hydrogens (tertiary/aromatic N) is 3. The van der Waals surface area contributed by atoms with Gasteiger partial charge in [0.05, 0.1) is 22.7 Å². The topological polar surface area (TPSA) is 41.6 Å². The van der Waals surface area contributed by atoms with Crippen molar-refractivity contribution in [3.63, 3.8) is 0 Å². The lowest BCUT2D eigenvalue weighted by molar-refractivity contribution is 0.834. The Morgan fingerprint density at radius 2 is 1.72 bits per heavy atom. The summed E-state index contributed by atoms with van der Waals surface area (Å²) in [6.45, 7) is 2.80. The summed E-state index contributed by atoms with van der Waals surface area (Å²) in [7, 11) is 0. The minimum absolute atomic E-state index is 0.650. The van der Waals surface area contributed by atoms with Crippen LogP contribution in [0.15, 0.2) is 72.8 Å². The van der Waals surface area contributed by atoms with E-state index in [1.807, 2.05) is 36.4 Å². The second-order valence-corrected chi connectivity index (χ2v) is 6.19. The van der Waals surface area contributed by atoms with E-state index < -0.39 is 0 Å². The zero-order chi connectivity index (χ0) is 17.2. The minimum Gasteiger partial charge on any atom is -0.319 e. The van der Waals surface area contributed by atoms with Crippen molar-refractivity contribution in [1.29, 1.82) is 5.26 Å². The van der Waals surface area contributed by atoms with Crippen LogP contribution in [0, 0.1) is 18.3 Å². The van der Waals surface area contributed by atoms with E-state index >= 15 is 0 Å². The second-order valence-electron chi connectivity index (χ2n) is 6.19. The van der Waals surface area contributed by atoms with E-state index in [2.05, 4.69) is 54.0 Å². The van der Waals surface area contributed by atoms with E-state index in [1.54, 1.807) is 0 Å². The summed E-state index contributed by atoms with van der Waals surface area (Å²) in [5.74, 6) is 0.925. The Kier molecular flexibility index (Phi) is 3.80. The Labute approximate surface area is 146 Å². The summed E-state index contributed by atoms with van der Waals surface area (Å²) < 4.78 is 2.19. The maximum atomic E-state index is 9.25. The fourth-order valence-electron chi connectivity index (χ4n) is 3.04. The average Bonchev–Trinajstić information content (AvgIpc) is 3.01. The Morgan fingerprint density at radius 3 is 2.44 bits per heavy atom. The van der Waals surface area contributed by atoms with Crippen molar-refractivity contribution in [2.45, 2.75) is 13.5 Å². The van der Waals surface area contributed by atoms with E-state index in [9.17, 15) is 5.26 Å². The minimum atomic E-state index is 0.650. The van der Waals surface area contributed by atoms with Crippen molar-refractivity contribution < 1.29 is 0 Å². The lowest BCUT2D eigenvalue weighted by atomic mass is 10.1. The number of rotatable bonds is 3. The molecule has 4 rings (SSSR count). The van der Waals surface area contributed by atoms with Gasteiger partial charge in [-0.05, 0) is 30.7 Å². The molecule has 0 atom stereocenters. The normalized spacial score (nSPS) is 10.7. The van der Waals surface area contributed by atoms with Crippen LogP contribution in [0.4, 0.5) is 0 Å². The molecule has 0 aliphatic heterocycles. The second kappa shape index (κ2) is 6.26. The Hall–Kier alpha value is -3.38. The number of nitriles is 1. The van der Waals surface area contributed by atoms with E-state index in [4.69, 9.17) is 4.98 Å². The highest BCUT2D eigenvalue weighted by atomic mass is 15.1. The van der Waals surface area contributed by atoms with Gasteiger partial charge in [0.1, 0.15) is 5.82 Å². The highest BCUT2D eigenvalue weighted by Gasteiger charge is 2.13. The molecule has 0 bridgehead atoms. The Bertz CT molecular complexity index is 1070. The molecule has 3 nitrogen and oxygen atoms in total. The summed E-state index contributed by atoms with van der Waals surface area (Å²) in [5, 5.41) is 9.25. The molecule has 0 aliphatic carbocycles. The summed E-state index contributed by atoms with van der Waals surface area (Å²) in [6.07, 6.45) is 0. The number of aromatic nitrogens is 2. The lowest BCUT2D eigenvalue weighted by Gasteiger charge is -2.10. The quantitative estimate of drug-likeness (QED) is 0.536. The molecule has 3 heteroatoms. The Morgan fingerprint density at radius 1 is 0.960 bits per heavy atom. The molecule has 0 unspecified atom stereocenters. The van der Waals surface area contributed by atoms with Crippen LogP contribution >= 0.6 is 0 Å². The molecule has 0 spiro atoms. The first-order chi connectivity index (χ1) is 12.2. The van der Waals surface area contributed by atoms with Crippen molar-refractivity contribution in [2.24, 2.45) is 0 Å². The van der Waals surface area contributed by atoms with Gasteiger partial charge in [0.15, 0.2) is 0 Å². The lowest BCUT2D eigenvalue weighted by Crippen LogP contribution is -2.02. The van der Waals surface area contributed by atoms with Crippen LogP contribution in [-0.2, 0) is 6.54 Å². The van der Waals surface area contributed by atoms with E-state index in [0.717, 1.165) is 29.0 Å².